The minimum atomic E-state index is -0.229. The molecule has 2 aromatic heterocycles. The summed E-state index contributed by atoms with van der Waals surface area (Å²) >= 11 is 1.42. The molecule has 0 unspecified atom stereocenters. The van der Waals surface area contributed by atoms with Crippen molar-refractivity contribution in [2.45, 2.75) is 10.8 Å². The van der Waals surface area contributed by atoms with Gasteiger partial charge in [0.15, 0.2) is 0 Å². The van der Waals surface area contributed by atoms with Crippen molar-refractivity contribution >= 4 is 29.3 Å². The highest BCUT2D eigenvalue weighted by Gasteiger charge is 2.13. The fourth-order valence-corrected chi connectivity index (χ4v) is 3.08. The van der Waals surface area contributed by atoms with Crippen LogP contribution in [0, 0.1) is 0 Å². The topological polar surface area (TPSA) is 103 Å². The van der Waals surface area contributed by atoms with Gasteiger partial charge in [-0.2, -0.15) is 0 Å². The number of ether oxygens (including phenoxy) is 1. The molecule has 7 nitrogen and oxygen atoms in total. The highest BCUT2D eigenvalue weighted by Crippen LogP contribution is 2.24. The maximum Gasteiger partial charge on any atom is 0.258 e. The predicted octanol–water partition coefficient (Wildman–Crippen LogP) is 3.01. The third kappa shape index (κ3) is 4.48. The summed E-state index contributed by atoms with van der Waals surface area (Å²) in [6, 6.07) is 12.4. The van der Waals surface area contributed by atoms with Crippen molar-refractivity contribution in [3.63, 3.8) is 0 Å². The number of amides is 1. The SMILES string of the molecule is COc1ccc(NC(=O)c2cccnc2SCc2ccnc(N)n2)cc1. The second-order valence-electron chi connectivity index (χ2n) is 5.23. The number of thioether (sulfide) groups is 1. The summed E-state index contributed by atoms with van der Waals surface area (Å²) in [5.74, 6) is 1.26. The number of nitrogens with zero attached hydrogens (tertiary/aromatic N) is 3. The zero-order valence-electron chi connectivity index (χ0n) is 14.0. The van der Waals surface area contributed by atoms with Crippen molar-refractivity contribution in [3.8, 4) is 5.75 Å². The van der Waals surface area contributed by atoms with Gasteiger partial charge in [0.25, 0.3) is 5.91 Å². The van der Waals surface area contributed by atoms with Gasteiger partial charge in [-0.3, -0.25) is 4.79 Å². The number of pyridine rings is 1. The van der Waals surface area contributed by atoms with E-state index in [0.29, 0.717) is 22.0 Å². The number of anilines is 2. The summed E-state index contributed by atoms with van der Waals surface area (Å²) in [7, 11) is 1.60. The van der Waals surface area contributed by atoms with Crippen molar-refractivity contribution in [1.82, 2.24) is 15.0 Å². The minimum absolute atomic E-state index is 0.224. The molecule has 0 saturated heterocycles. The summed E-state index contributed by atoms with van der Waals surface area (Å²) in [4.78, 5) is 24.9. The third-order valence-corrected chi connectivity index (χ3v) is 4.49. The Morgan fingerprint density at radius 2 is 1.96 bits per heavy atom. The number of hydrogen-bond donors (Lipinski definition) is 2. The standard InChI is InChI=1S/C18H17N5O2S/c1-25-14-6-4-12(5-7-14)22-16(24)15-3-2-9-20-17(15)26-11-13-8-10-21-18(19)23-13/h2-10H,11H2,1H3,(H,22,24)(H2,19,21,23). The number of nitrogens with two attached hydrogens (primary N) is 1. The summed E-state index contributed by atoms with van der Waals surface area (Å²) in [5.41, 5.74) is 7.54. The summed E-state index contributed by atoms with van der Waals surface area (Å²) in [6.07, 6.45) is 3.26. The first-order chi connectivity index (χ1) is 12.7. The van der Waals surface area contributed by atoms with Crippen molar-refractivity contribution < 1.29 is 9.53 Å². The van der Waals surface area contributed by atoms with Crippen LogP contribution in [-0.4, -0.2) is 28.0 Å². The second-order valence-corrected chi connectivity index (χ2v) is 6.20. The molecule has 0 atom stereocenters. The molecule has 3 rings (SSSR count). The molecular weight excluding hydrogens is 350 g/mol. The summed E-state index contributed by atoms with van der Waals surface area (Å²) < 4.78 is 5.11. The Balaban J connectivity index is 1.72. The van der Waals surface area contributed by atoms with E-state index < -0.39 is 0 Å². The highest BCUT2D eigenvalue weighted by atomic mass is 32.2. The molecule has 0 aliphatic rings. The van der Waals surface area contributed by atoms with E-state index in [1.807, 2.05) is 0 Å². The van der Waals surface area contributed by atoms with E-state index in [-0.39, 0.29) is 11.9 Å². The van der Waals surface area contributed by atoms with Crippen LogP contribution in [0.4, 0.5) is 11.6 Å². The quantitative estimate of drug-likeness (QED) is 0.646. The lowest BCUT2D eigenvalue weighted by Gasteiger charge is -2.09. The van der Waals surface area contributed by atoms with E-state index in [0.717, 1.165) is 11.4 Å². The lowest BCUT2D eigenvalue weighted by molar-refractivity contribution is 0.102. The molecule has 2 heterocycles. The minimum Gasteiger partial charge on any atom is -0.497 e. The average molecular weight is 367 g/mol. The fourth-order valence-electron chi connectivity index (χ4n) is 2.19. The number of benzene rings is 1. The molecule has 26 heavy (non-hydrogen) atoms. The van der Waals surface area contributed by atoms with Crippen LogP contribution in [0.15, 0.2) is 59.9 Å². The van der Waals surface area contributed by atoms with Gasteiger partial charge < -0.3 is 15.8 Å². The number of rotatable bonds is 6. The van der Waals surface area contributed by atoms with Gasteiger partial charge in [0.1, 0.15) is 10.8 Å². The zero-order valence-corrected chi connectivity index (χ0v) is 14.9. The Kier molecular flexibility index (Phi) is 5.65. The molecule has 3 N–H and O–H groups in total. The number of nitrogen functional groups attached to an aromatic ring is 1. The van der Waals surface area contributed by atoms with Crippen molar-refractivity contribution in [2.24, 2.45) is 0 Å². The maximum absolute atomic E-state index is 12.6. The van der Waals surface area contributed by atoms with Gasteiger partial charge in [-0.25, -0.2) is 15.0 Å². The average Bonchev–Trinajstić information content (AvgIpc) is 2.67. The second kappa shape index (κ2) is 8.30. The first kappa shape index (κ1) is 17.7. The highest BCUT2D eigenvalue weighted by molar-refractivity contribution is 7.98. The lowest BCUT2D eigenvalue weighted by Crippen LogP contribution is -2.13. The summed E-state index contributed by atoms with van der Waals surface area (Å²) in [6.45, 7) is 0. The Morgan fingerprint density at radius 3 is 2.69 bits per heavy atom. The zero-order chi connectivity index (χ0) is 18.4. The van der Waals surface area contributed by atoms with Crippen LogP contribution in [-0.2, 0) is 5.75 Å². The third-order valence-electron chi connectivity index (χ3n) is 3.45. The Labute approximate surface area is 155 Å². The Bertz CT molecular complexity index is 902. The molecule has 0 radical (unpaired) electrons. The molecular formula is C18H17N5O2S. The maximum atomic E-state index is 12.6. The normalized spacial score (nSPS) is 10.3. The van der Waals surface area contributed by atoms with E-state index in [1.54, 1.807) is 62.0 Å². The lowest BCUT2D eigenvalue weighted by atomic mass is 10.2. The molecule has 8 heteroatoms. The molecule has 0 saturated carbocycles. The van der Waals surface area contributed by atoms with Gasteiger partial charge in [-0.15, -0.1) is 0 Å². The van der Waals surface area contributed by atoms with Crippen LogP contribution in [0.1, 0.15) is 16.1 Å². The number of carbonyl (C=O) groups is 1. The molecule has 0 fully saturated rings. The van der Waals surface area contributed by atoms with E-state index in [2.05, 4.69) is 20.3 Å². The van der Waals surface area contributed by atoms with E-state index in [4.69, 9.17) is 10.5 Å². The predicted molar refractivity (Wildman–Crippen MR) is 101 cm³/mol. The van der Waals surface area contributed by atoms with Crippen molar-refractivity contribution in [2.75, 3.05) is 18.2 Å². The van der Waals surface area contributed by atoms with Gasteiger partial charge >= 0.3 is 0 Å². The number of hydrogen-bond acceptors (Lipinski definition) is 7. The fraction of sp³-hybridized carbons (Fsp3) is 0.111. The Hall–Kier alpha value is -3.13. The van der Waals surface area contributed by atoms with Crippen LogP contribution in [0.5, 0.6) is 5.75 Å². The van der Waals surface area contributed by atoms with E-state index in [1.165, 1.54) is 11.8 Å². The van der Waals surface area contributed by atoms with Crippen molar-refractivity contribution in [1.29, 1.82) is 0 Å². The largest absolute Gasteiger partial charge is 0.497 e. The molecule has 0 aliphatic carbocycles. The molecule has 0 bridgehead atoms. The number of carbonyl (C=O) groups excluding carboxylic acids is 1. The smallest absolute Gasteiger partial charge is 0.258 e. The van der Waals surface area contributed by atoms with Crippen LogP contribution >= 0.6 is 11.8 Å². The first-order valence-electron chi connectivity index (χ1n) is 7.76. The molecule has 1 amide bonds. The molecule has 132 valence electrons. The van der Waals surface area contributed by atoms with Gasteiger partial charge in [0.05, 0.1) is 18.4 Å². The monoisotopic (exact) mass is 367 g/mol. The summed E-state index contributed by atoms with van der Waals surface area (Å²) in [5, 5.41) is 3.48. The van der Waals surface area contributed by atoms with Gasteiger partial charge in [0.2, 0.25) is 5.95 Å². The molecule has 0 aliphatic heterocycles. The van der Waals surface area contributed by atoms with Crippen molar-refractivity contribution in [3.05, 3.63) is 66.1 Å². The van der Waals surface area contributed by atoms with Crippen LogP contribution < -0.4 is 15.8 Å². The van der Waals surface area contributed by atoms with Crippen LogP contribution in [0.25, 0.3) is 0 Å². The van der Waals surface area contributed by atoms with Gasteiger partial charge in [0, 0.05) is 23.8 Å². The number of nitrogens with one attached hydrogen (secondary N) is 1. The van der Waals surface area contributed by atoms with Crippen LogP contribution in [0.2, 0.25) is 0 Å². The number of aromatic nitrogens is 3. The Morgan fingerprint density at radius 1 is 1.15 bits per heavy atom. The molecule has 0 spiro atoms. The molecule has 3 aromatic rings. The van der Waals surface area contributed by atoms with Gasteiger partial charge in [-0.1, -0.05) is 11.8 Å². The van der Waals surface area contributed by atoms with E-state index in [9.17, 15) is 4.79 Å². The first-order valence-corrected chi connectivity index (χ1v) is 8.75. The number of methoxy groups -OCH3 is 1. The molecule has 1 aromatic carbocycles. The van der Waals surface area contributed by atoms with Gasteiger partial charge in [-0.05, 0) is 42.5 Å². The van der Waals surface area contributed by atoms with E-state index >= 15 is 0 Å². The van der Waals surface area contributed by atoms with Crippen LogP contribution in [0.3, 0.4) is 0 Å².